The van der Waals surface area contributed by atoms with Gasteiger partial charge in [0.2, 0.25) is 0 Å². The number of benzene rings is 2. The van der Waals surface area contributed by atoms with Gasteiger partial charge in [-0.15, -0.1) is 0 Å². The van der Waals surface area contributed by atoms with Crippen LogP contribution < -0.4 is 10.1 Å². The van der Waals surface area contributed by atoms with Gasteiger partial charge in [0, 0.05) is 5.69 Å². The van der Waals surface area contributed by atoms with Crippen molar-refractivity contribution < 1.29 is 22.5 Å². The van der Waals surface area contributed by atoms with Crippen LogP contribution in [0.2, 0.25) is 0 Å². The Bertz CT molecular complexity index is 695. The zero-order valence-corrected chi connectivity index (χ0v) is 11.0. The molecule has 0 aliphatic heterocycles. The molecule has 104 valence electrons. The van der Waals surface area contributed by atoms with Crippen molar-refractivity contribution in [3.8, 4) is 5.75 Å². The number of anilines is 1. The van der Waals surface area contributed by atoms with Crippen molar-refractivity contribution in [1.29, 1.82) is 0 Å². The van der Waals surface area contributed by atoms with Gasteiger partial charge in [0.1, 0.15) is 5.75 Å². The van der Waals surface area contributed by atoms with Gasteiger partial charge in [-0.05, 0) is 36.4 Å². The van der Waals surface area contributed by atoms with E-state index in [9.17, 15) is 13.2 Å². The highest BCUT2D eigenvalue weighted by atomic mass is 32.2. The lowest BCUT2D eigenvalue weighted by Crippen LogP contribution is -2.16. The molecule has 2 aromatic carbocycles. The van der Waals surface area contributed by atoms with Crippen molar-refractivity contribution in [3.63, 3.8) is 0 Å². The van der Waals surface area contributed by atoms with Crippen LogP contribution >= 0.6 is 0 Å². The van der Waals surface area contributed by atoms with Crippen LogP contribution in [0.5, 0.6) is 5.75 Å². The lowest BCUT2D eigenvalue weighted by Gasteiger charge is -2.06. The quantitative estimate of drug-likeness (QED) is 0.848. The molecular weight excluding hydrogens is 282 g/mol. The maximum atomic E-state index is 11.6. The smallest absolute Gasteiger partial charge is 0.410 e. The predicted molar refractivity (Wildman–Crippen MR) is 72.3 cm³/mol. The number of nitrogens with one attached hydrogen (secondary N) is 1. The van der Waals surface area contributed by atoms with E-state index in [0.717, 1.165) is 0 Å². The summed E-state index contributed by atoms with van der Waals surface area (Å²) in [7, 11) is -4.24. The molecule has 2 N–H and O–H groups in total. The first kappa shape index (κ1) is 14.0. The van der Waals surface area contributed by atoms with E-state index in [1.54, 1.807) is 30.3 Å². The monoisotopic (exact) mass is 293 g/mol. The fraction of sp³-hybridized carbons (Fsp3) is 0. The van der Waals surface area contributed by atoms with Gasteiger partial charge in [-0.1, -0.05) is 18.2 Å². The van der Waals surface area contributed by atoms with E-state index in [1.165, 1.54) is 24.3 Å². The summed E-state index contributed by atoms with van der Waals surface area (Å²) in [6.07, 6.45) is -0.698. The molecule has 20 heavy (non-hydrogen) atoms. The van der Waals surface area contributed by atoms with Crippen molar-refractivity contribution in [3.05, 3.63) is 54.6 Å². The molecule has 0 spiro atoms. The number of carbonyl (C=O) groups is 1. The Kier molecular flexibility index (Phi) is 4.02. The standard InChI is InChI=1S/C13H11NO5S/c15-13(19-11-4-2-1-3-5-11)14-10-6-8-12(9-7-10)20(16,17)18/h1-9H,(H,14,15)(H,16,17,18). The highest BCUT2D eigenvalue weighted by Gasteiger charge is 2.10. The molecule has 0 bridgehead atoms. The van der Waals surface area contributed by atoms with Crippen LogP contribution in [-0.4, -0.2) is 19.1 Å². The molecular formula is C13H11NO5S. The first-order chi connectivity index (χ1) is 9.45. The molecule has 1 amide bonds. The summed E-state index contributed by atoms with van der Waals surface area (Å²) < 4.78 is 35.5. The van der Waals surface area contributed by atoms with E-state index in [0.29, 0.717) is 11.4 Å². The number of carbonyl (C=O) groups excluding carboxylic acids is 1. The van der Waals surface area contributed by atoms with E-state index in [4.69, 9.17) is 9.29 Å². The fourth-order valence-corrected chi connectivity index (χ4v) is 1.93. The first-order valence-corrected chi connectivity index (χ1v) is 7.00. The van der Waals surface area contributed by atoms with Gasteiger partial charge in [-0.3, -0.25) is 9.87 Å². The highest BCUT2D eigenvalue weighted by molar-refractivity contribution is 7.85. The molecule has 0 aliphatic rings. The Morgan fingerprint density at radius 3 is 2.15 bits per heavy atom. The third-order valence-corrected chi connectivity index (χ3v) is 3.22. The van der Waals surface area contributed by atoms with Gasteiger partial charge in [-0.2, -0.15) is 8.42 Å². The second-order valence-electron chi connectivity index (χ2n) is 3.83. The van der Waals surface area contributed by atoms with Crippen LogP contribution in [0.25, 0.3) is 0 Å². The zero-order valence-electron chi connectivity index (χ0n) is 10.2. The maximum Gasteiger partial charge on any atom is 0.417 e. The minimum atomic E-state index is -4.24. The maximum absolute atomic E-state index is 11.6. The summed E-state index contributed by atoms with van der Waals surface area (Å²) in [5.41, 5.74) is 0.346. The SMILES string of the molecule is O=C(Nc1ccc(S(=O)(=O)O)cc1)Oc1ccccc1. The molecule has 0 unspecified atom stereocenters. The van der Waals surface area contributed by atoms with Gasteiger partial charge in [0.05, 0.1) is 4.90 Å². The molecule has 2 aromatic rings. The van der Waals surface area contributed by atoms with Crippen LogP contribution in [-0.2, 0) is 10.1 Å². The predicted octanol–water partition coefficient (Wildman–Crippen LogP) is 2.54. The number of rotatable bonds is 3. The van der Waals surface area contributed by atoms with E-state index < -0.39 is 16.2 Å². The topological polar surface area (TPSA) is 92.7 Å². The second-order valence-corrected chi connectivity index (χ2v) is 5.25. The minimum absolute atomic E-state index is 0.250. The van der Waals surface area contributed by atoms with Gasteiger partial charge in [0.15, 0.2) is 0 Å². The minimum Gasteiger partial charge on any atom is -0.410 e. The van der Waals surface area contributed by atoms with Crippen molar-refractivity contribution in [2.45, 2.75) is 4.90 Å². The average Bonchev–Trinajstić information content (AvgIpc) is 2.39. The summed E-state index contributed by atoms with van der Waals surface area (Å²) in [5, 5.41) is 2.43. The largest absolute Gasteiger partial charge is 0.417 e. The summed E-state index contributed by atoms with van der Waals surface area (Å²) >= 11 is 0. The van der Waals surface area contributed by atoms with Crippen molar-refractivity contribution in [1.82, 2.24) is 0 Å². The van der Waals surface area contributed by atoms with E-state index in [2.05, 4.69) is 5.32 Å². The number of ether oxygens (including phenoxy) is 1. The lowest BCUT2D eigenvalue weighted by atomic mass is 10.3. The van der Waals surface area contributed by atoms with E-state index in [-0.39, 0.29) is 4.90 Å². The Morgan fingerprint density at radius 1 is 1.00 bits per heavy atom. The molecule has 6 nitrogen and oxygen atoms in total. The second kappa shape index (κ2) is 5.72. The lowest BCUT2D eigenvalue weighted by molar-refractivity contribution is 0.215. The summed E-state index contributed by atoms with van der Waals surface area (Å²) in [4.78, 5) is 11.3. The van der Waals surface area contributed by atoms with Gasteiger partial charge < -0.3 is 4.74 Å². The highest BCUT2D eigenvalue weighted by Crippen LogP contribution is 2.15. The molecule has 0 saturated heterocycles. The normalized spacial score (nSPS) is 10.8. The fourth-order valence-electron chi connectivity index (χ4n) is 1.45. The molecule has 7 heteroatoms. The molecule has 0 fully saturated rings. The number of hydrogen-bond acceptors (Lipinski definition) is 4. The third-order valence-electron chi connectivity index (χ3n) is 2.35. The van der Waals surface area contributed by atoms with Crippen molar-refractivity contribution in [2.75, 3.05) is 5.32 Å². The average molecular weight is 293 g/mol. The molecule has 0 heterocycles. The Hall–Kier alpha value is -2.38. The number of hydrogen-bond donors (Lipinski definition) is 2. The molecule has 0 aliphatic carbocycles. The Balaban J connectivity index is 2.02. The number of amides is 1. The van der Waals surface area contributed by atoms with Gasteiger partial charge >= 0.3 is 6.09 Å². The van der Waals surface area contributed by atoms with Crippen molar-refractivity contribution >= 4 is 21.9 Å². The third kappa shape index (κ3) is 3.81. The first-order valence-electron chi connectivity index (χ1n) is 5.56. The summed E-state index contributed by atoms with van der Waals surface area (Å²) in [5.74, 6) is 0.388. The van der Waals surface area contributed by atoms with Crippen LogP contribution in [0.3, 0.4) is 0 Å². The summed E-state index contributed by atoms with van der Waals surface area (Å²) in [6.45, 7) is 0. The molecule has 0 aromatic heterocycles. The Labute approximate surface area is 115 Å². The molecule has 0 atom stereocenters. The van der Waals surface area contributed by atoms with Gasteiger partial charge in [-0.25, -0.2) is 4.79 Å². The van der Waals surface area contributed by atoms with Crippen LogP contribution in [0.15, 0.2) is 59.5 Å². The number of para-hydroxylation sites is 1. The molecule has 0 saturated carbocycles. The summed E-state index contributed by atoms with van der Waals surface area (Å²) in [6, 6.07) is 13.5. The van der Waals surface area contributed by atoms with E-state index >= 15 is 0 Å². The van der Waals surface area contributed by atoms with E-state index in [1.807, 2.05) is 0 Å². The molecule has 2 rings (SSSR count). The van der Waals surface area contributed by atoms with Gasteiger partial charge in [0.25, 0.3) is 10.1 Å². The van der Waals surface area contributed by atoms with Crippen LogP contribution in [0.1, 0.15) is 0 Å². The van der Waals surface area contributed by atoms with Crippen molar-refractivity contribution in [2.24, 2.45) is 0 Å². The molecule has 0 radical (unpaired) electrons. The van der Waals surface area contributed by atoms with Crippen LogP contribution in [0.4, 0.5) is 10.5 Å². The Morgan fingerprint density at radius 2 is 1.60 bits per heavy atom. The van der Waals surface area contributed by atoms with Crippen LogP contribution in [0, 0.1) is 0 Å². The zero-order chi connectivity index (χ0) is 14.6.